The molecule has 2 aromatic carbocycles. The van der Waals surface area contributed by atoms with Gasteiger partial charge in [-0.1, -0.05) is 48.5 Å². The molecule has 0 bridgehead atoms. The van der Waals surface area contributed by atoms with Gasteiger partial charge in [-0.15, -0.1) is 23.2 Å². The summed E-state index contributed by atoms with van der Waals surface area (Å²) in [7, 11) is 0. The van der Waals surface area contributed by atoms with Gasteiger partial charge in [-0.3, -0.25) is 0 Å². The van der Waals surface area contributed by atoms with Crippen molar-refractivity contribution in [2.45, 2.75) is 43.9 Å². The number of hydrogen-bond acceptors (Lipinski definition) is 0. The zero-order valence-corrected chi connectivity index (χ0v) is 16.6. The van der Waals surface area contributed by atoms with Gasteiger partial charge in [0.15, 0.2) is 0 Å². The highest BCUT2D eigenvalue weighted by atomic mass is 35.5. The number of fused-ring (bicyclic) bond motifs is 2. The molecule has 2 aromatic rings. The predicted octanol–water partition coefficient (Wildman–Crippen LogP) is 7.26. The molecule has 2 aliphatic rings. The highest BCUT2D eigenvalue weighted by molar-refractivity contribution is 6.31. The molecule has 0 radical (unpaired) electrons. The van der Waals surface area contributed by atoms with Gasteiger partial charge >= 0.3 is 0 Å². The minimum absolute atomic E-state index is 0.568. The largest absolute Gasteiger partial charge is 0.109 e. The monoisotopic (exact) mass is 368 g/mol. The quantitative estimate of drug-likeness (QED) is 0.489. The van der Waals surface area contributed by atoms with Crippen LogP contribution in [0.4, 0.5) is 0 Å². The molecule has 0 spiro atoms. The van der Waals surface area contributed by atoms with Crippen molar-refractivity contribution in [3.05, 3.63) is 81.9 Å². The molecule has 2 unspecified atom stereocenters. The molecule has 128 valence electrons. The Hall–Kier alpha value is -1.50. The van der Waals surface area contributed by atoms with Gasteiger partial charge in [-0.05, 0) is 72.2 Å². The minimum Gasteiger partial charge on any atom is -0.109 e. The van der Waals surface area contributed by atoms with Crippen LogP contribution in [0.25, 0.3) is 11.1 Å². The normalized spacial score (nSPS) is 27.8. The van der Waals surface area contributed by atoms with Crippen LogP contribution in [0.1, 0.15) is 56.4 Å². The van der Waals surface area contributed by atoms with E-state index in [2.05, 4.69) is 76.2 Å². The maximum atomic E-state index is 7.33. The van der Waals surface area contributed by atoms with Gasteiger partial charge in [0, 0.05) is 6.42 Å². The second kappa shape index (κ2) is 5.50. The maximum absolute atomic E-state index is 7.33. The lowest BCUT2D eigenvalue weighted by Crippen LogP contribution is -2.30. The van der Waals surface area contributed by atoms with Crippen molar-refractivity contribution in [3.63, 3.8) is 0 Å². The van der Waals surface area contributed by atoms with Crippen molar-refractivity contribution in [1.29, 1.82) is 0 Å². The van der Waals surface area contributed by atoms with Gasteiger partial charge in [0.2, 0.25) is 0 Å². The van der Waals surface area contributed by atoms with E-state index in [9.17, 15) is 0 Å². The Morgan fingerprint density at radius 1 is 0.640 bits per heavy atom. The first kappa shape index (κ1) is 16.9. The predicted molar refractivity (Wildman–Crippen MR) is 109 cm³/mol. The van der Waals surface area contributed by atoms with Crippen LogP contribution < -0.4 is 0 Å². The molecule has 2 aliphatic carbocycles. The van der Waals surface area contributed by atoms with Crippen molar-refractivity contribution in [3.8, 4) is 0 Å². The molecular weight excluding hydrogens is 347 g/mol. The molecule has 0 amide bonds. The summed E-state index contributed by atoms with van der Waals surface area (Å²) in [6, 6.07) is 16.9. The van der Waals surface area contributed by atoms with E-state index in [1.165, 1.54) is 44.5 Å². The number of rotatable bonds is 2. The maximum Gasteiger partial charge on any atom is 0.0936 e. The van der Waals surface area contributed by atoms with Crippen LogP contribution >= 0.6 is 23.2 Å². The van der Waals surface area contributed by atoms with Gasteiger partial charge < -0.3 is 0 Å². The van der Waals surface area contributed by atoms with Gasteiger partial charge in [0.1, 0.15) is 0 Å². The molecule has 2 atom stereocenters. The molecule has 25 heavy (non-hydrogen) atoms. The van der Waals surface area contributed by atoms with Gasteiger partial charge in [-0.2, -0.15) is 0 Å². The van der Waals surface area contributed by atoms with E-state index < -0.39 is 9.75 Å². The number of hydrogen-bond donors (Lipinski definition) is 0. The Morgan fingerprint density at radius 3 is 1.40 bits per heavy atom. The molecule has 0 heterocycles. The third kappa shape index (κ3) is 2.14. The molecule has 0 saturated heterocycles. The molecule has 0 aliphatic heterocycles. The van der Waals surface area contributed by atoms with Crippen molar-refractivity contribution in [1.82, 2.24) is 0 Å². The summed E-state index contributed by atoms with van der Waals surface area (Å²) in [6.45, 7) is 8.62. The van der Waals surface area contributed by atoms with E-state index >= 15 is 0 Å². The molecular formula is C23H22Cl2. The first-order valence-corrected chi connectivity index (χ1v) is 9.50. The molecule has 0 saturated carbocycles. The molecule has 0 N–H and O–H groups in total. The third-order valence-electron chi connectivity index (χ3n) is 6.32. The van der Waals surface area contributed by atoms with E-state index in [4.69, 9.17) is 23.2 Å². The third-order valence-corrected chi connectivity index (χ3v) is 7.56. The number of alkyl halides is 2. The van der Waals surface area contributed by atoms with E-state index in [0.29, 0.717) is 6.42 Å². The topological polar surface area (TPSA) is 0 Å². The van der Waals surface area contributed by atoms with Crippen LogP contribution in [0.2, 0.25) is 0 Å². The Bertz CT molecular complexity index is 873. The fourth-order valence-corrected chi connectivity index (χ4v) is 5.59. The fraction of sp³-hybridized carbons (Fsp3) is 0.304. The van der Waals surface area contributed by atoms with Gasteiger partial charge in [0.05, 0.1) is 9.75 Å². The lowest BCUT2D eigenvalue weighted by molar-refractivity contribution is 0.544. The molecule has 0 nitrogen and oxygen atoms in total. The van der Waals surface area contributed by atoms with E-state index in [-0.39, 0.29) is 0 Å². The highest BCUT2D eigenvalue weighted by Gasteiger charge is 2.50. The van der Waals surface area contributed by atoms with Gasteiger partial charge in [0.25, 0.3) is 0 Å². The second-order valence-corrected chi connectivity index (χ2v) is 8.66. The first-order chi connectivity index (χ1) is 11.8. The van der Waals surface area contributed by atoms with Crippen molar-refractivity contribution >= 4 is 34.3 Å². The van der Waals surface area contributed by atoms with E-state index in [1.807, 2.05) is 0 Å². The first-order valence-electron chi connectivity index (χ1n) is 8.74. The van der Waals surface area contributed by atoms with Gasteiger partial charge in [-0.25, -0.2) is 0 Å². The fourth-order valence-electron chi connectivity index (χ4n) is 4.51. The van der Waals surface area contributed by atoms with Crippen LogP contribution in [0.15, 0.2) is 59.7 Å². The summed E-state index contributed by atoms with van der Waals surface area (Å²) < 4.78 is 0. The number of halogens is 2. The van der Waals surface area contributed by atoms with Crippen LogP contribution in [-0.2, 0) is 9.75 Å². The summed E-state index contributed by atoms with van der Waals surface area (Å²) in [5.74, 6) is 0. The summed E-state index contributed by atoms with van der Waals surface area (Å²) in [6.07, 6.45) is 0.656. The highest BCUT2D eigenvalue weighted by Crippen LogP contribution is 2.60. The van der Waals surface area contributed by atoms with E-state index in [1.54, 1.807) is 0 Å². The molecule has 0 aromatic heterocycles. The summed E-state index contributed by atoms with van der Waals surface area (Å²) >= 11 is 14.7. The lowest BCUT2D eigenvalue weighted by Gasteiger charge is -2.35. The van der Waals surface area contributed by atoms with Crippen molar-refractivity contribution < 1.29 is 0 Å². The Labute approximate surface area is 160 Å². The Morgan fingerprint density at radius 2 is 1.00 bits per heavy atom. The molecule has 4 rings (SSSR count). The smallest absolute Gasteiger partial charge is 0.0936 e. The zero-order chi connectivity index (χ0) is 18.0. The second-order valence-electron chi connectivity index (χ2n) is 7.37. The van der Waals surface area contributed by atoms with Crippen LogP contribution in [0.3, 0.4) is 0 Å². The summed E-state index contributed by atoms with van der Waals surface area (Å²) in [4.78, 5) is -1.14. The lowest BCUT2D eigenvalue weighted by atomic mass is 9.80. The summed E-state index contributed by atoms with van der Waals surface area (Å²) in [5, 5.41) is 0. The van der Waals surface area contributed by atoms with Crippen molar-refractivity contribution in [2.24, 2.45) is 0 Å². The summed E-state index contributed by atoms with van der Waals surface area (Å²) in [5.41, 5.74) is 9.84. The molecule has 2 heteroatoms. The standard InChI is InChI=1S/C23H22Cl2/c1-14-16(3)22(24,20-11-7-5-9-18(14)20)13-23(25)17(4)15(2)19-10-6-8-12-21(19)23/h5-12H,13H2,1-4H3. The van der Waals surface area contributed by atoms with Crippen LogP contribution in [-0.4, -0.2) is 0 Å². The molecule has 0 fully saturated rings. The Kier molecular flexibility index (Phi) is 3.72. The van der Waals surface area contributed by atoms with Crippen LogP contribution in [0.5, 0.6) is 0 Å². The number of allylic oxidation sites excluding steroid dienone is 4. The van der Waals surface area contributed by atoms with Crippen LogP contribution in [0, 0.1) is 0 Å². The minimum atomic E-state index is -0.568. The average molecular weight is 369 g/mol. The SMILES string of the molecule is CC1=C(C)C(Cl)(CC2(Cl)C(C)=C(C)c3ccccc32)c2ccccc21. The average Bonchev–Trinajstić information content (AvgIpc) is 2.93. The Balaban J connectivity index is 1.89. The van der Waals surface area contributed by atoms with Crippen molar-refractivity contribution in [2.75, 3.05) is 0 Å². The van der Waals surface area contributed by atoms with E-state index in [0.717, 1.165) is 0 Å². The number of benzene rings is 2. The zero-order valence-electron chi connectivity index (χ0n) is 15.1.